The van der Waals surface area contributed by atoms with E-state index < -0.39 is 0 Å². The molecular weight excluding hydrogens is 292 g/mol. The third-order valence-electron chi connectivity index (χ3n) is 3.58. The third kappa shape index (κ3) is 2.63. The third-order valence-corrected chi connectivity index (χ3v) is 5.05. The summed E-state index contributed by atoms with van der Waals surface area (Å²) in [5.74, 6) is -0.121. The first kappa shape index (κ1) is 13.7. The molecule has 20 heavy (non-hydrogen) atoms. The van der Waals surface area contributed by atoms with Gasteiger partial charge in [0.05, 0.1) is 4.91 Å². The van der Waals surface area contributed by atoms with Crippen molar-refractivity contribution in [1.82, 2.24) is 4.90 Å². The molecule has 0 N–H and O–H groups in total. The van der Waals surface area contributed by atoms with Crippen molar-refractivity contribution in [2.45, 2.75) is 19.8 Å². The second-order valence-corrected chi connectivity index (χ2v) is 6.37. The molecule has 0 aromatic heterocycles. The van der Waals surface area contributed by atoms with Crippen molar-refractivity contribution >= 4 is 40.0 Å². The highest BCUT2D eigenvalue weighted by Crippen LogP contribution is 2.35. The molecule has 1 aromatic rings. The Balaban J connectivity index is 1.85. The first-order chi connectivity index (χ1) is 9.65. The monoisotopic (exact) mass is 306 g/mol. The van der Waals surface area contributed by atoms with Crippen LogP contribution >= 0.6 is 23.4 Å². The van der Waals surface area contributed by atoms with Gasteiger partial charge in [-0.25, -0.2) is 0 Å². The van der Waals surface area contributed by atoms with E-state index in [2.05, 4.69) is 9.89 Å². The number of halogens is 1. The Kier molecular flexibility index (Phi) is 3.85. The van der Waals surface area contributed by atoms with E-state index >= 15 is 0 Å². The lowest BCUT2D eigenvalue weighted by Gasteiger charge is -2.15. The zero-order chi connectivity index (χ0) is 14.1. The maximum atomic E-state index is 12.1. The van der Waals surface area contributed by atoms with Crippen molar-refractivity contribution < 1.29 is 4.79 Å². The van der Waals surface area contributed by atoms with E-state index in [0.717, 1.165) is 34.3 Å². The lowest BCUT2D eigenvalue weighted by atomic mass is 10.1. The average molecular weight is 307 g/mol. The maximum absolute atomic E-state index is 12.1. The van der Waals surface area contributed by atoms with Crippen LogP contribution < -0.4 is 0 Å². The van der Waals surface area contributed by atoms with Crippen molar-refractivity contribution in [3.05, 3.63) is 39.8 Å². The number of likely N-dealkylation sites (tertiary alicyclic amines) is 1. The molecule has 0 radical (unpaired) electrons. The van der Waals surface area contributed by atoms with Crippen LogP contribution in [0.1, 0.15) is 25.3 Å². The van der Waals surface area contributed by atoms with Gasteiger partial charge in [0.1, 0.15) is 0 Å². The number of nitrogens with zero attached hydrogens (tertiary/aromatic N) is 2. The van der Waals surface area contributed by atoms with E-state index in [9.17, 15) is 4.79 Å². The van der Waals surface area contributed by atoms with Gasteiger partial charge in [-0.05, 0) is 54.8 Å². The van der Waals surface area contributed by atoms with Crippen LogP contribution in [0.15, 0.2) is 34.2 Å². The molecule has 3 nitrogen and oxygen atoms in total. The molecule has 1 aromatic carbocycles. The van der Waals surface area contributed by atoms with E-state index in [1.807, 2.05) is 31.2 Å². The second kappa shape index (κ2) is 5.62. The van der Waals surface area contributed by atoms with E-state index in [1.165, 1.54) is 24.6 Å². The lowest BCUT2D eigenvalue weighted by Crippen LogP contribution is -2.23. The van der Waals surface area contributed by atoms with E-state index in [4.69, 9.17) is 11.6 Å². The van der Waals surface area contributed by atoms with Crippen molar-refractivity contribution in [2.24, 2.45) is 4.99 Å². The summed E-state index contributed by atoms with van der Waals surface area (Å²) < 4.78 is 0. The van der Waals surface area contributed by atoms with Gasteiger partial charge >= 0.3 is 0 Å². The van der Waals surface area contributed by atoms with Crippen molar-refractivity contribution in [3.8, 4) is 0 Å². The molecule has 5 heteroatoms. The van der Waals surface area contributed by atoms with Crippen LogP contribution in [0.25, 0.3) is 5.57 Å². The lowest BCUT2D eigenvalue weighted by molar-refractivity contribution is -0.113. The van der Waals surface area contributed by atoms with Gasteiger partial charge < -0.3 is 4.90 Å². The number of carbonyl (C=O) groups excluding carboxylic acids is 1. The zero-order valence-electron chi connectivity index (χ0n) is 11.2. The minimum atomic E-state index is -0.121. The minimum absolute atomic E-state index is 0.121. The average Bonchev–Trinajstić information content (AvgIpc) is 3.08. The predicted molar refractivity (Wildman–Crippen MR) is 84.9 cm³/mol. The Bertz CT molecular complexity index is 601. The van der Waals surface area contributed by atoms with Crippen molar-refractivity contribution in [2.75, 3.05) is 13.1 Å². The van der Waals surface area contributed by atoms with Gasteiger partial charge in [-0.15, -0.1) is 0 Å². The van der Waals surface area contributed by atoms with Gasteiger partial charge in [0.15, 0.2) is 5.17 Å². The first-order valence-corrected chi connectivity index (χ1v) is 7.87. The number of aliphatic imine (C=N–C) groups is 1. The highest BCUT2D eigenvalue weighted by Gasteiger charge is 2.29. The highest BCUT2D eigenvalue weighted by molar-refractivity contribution is 8.18. The number of rotatable bonds is 1. The molecule has 104 valence electrons. The van der Waals surface area contributed by atoms with Crippen molar-refractivity contribution in [1.29, 1.82) is 0 Å². The number of hydrogen-bond donors (Lipinski definition) is 0. The van der Waals surface area contributed by atoms with Crippen LogP contribution in [0.3, 0.4) is 0 Å². The number of allylic oxidation sites excluding steroid dienone is 1. The molecule has 1 fully saturated rings. The summed E-state index contributed by atoms with van der Waals surface area (Å²) in [5.41, 5.74) is 1.98. The molecular formula is C15H15ClN2OS. The molecule has 2 aliphatic rings. The molecule has 0 bridgehead atoms. The van der Waals surface area contributed by atoms with Crippen LogP contribution in [0.4, 0.5) is 0 Å². The second-order valence-electron chi connectivity index (χ2n) is 4.96. The Morgan fingerprint density at radius 1 is 1.25 bits per heavy atom. The SMILES string of the molecule is C/C(=C1\SC(N2CCCC2)=NC1=O)c1ccc(Cl)cc1. The molecule has 0 atom stereocenters. The van der Waals surface area contributed by atoms with Crippen LogP contribution in [0.2, 0.25) is 5.02 Å². The van der Waals surface area contributed by atoms with Crippen LogP contribution in [-0.4, -0.2) is 29.1 Å². The molecule has 2 aliphatic heterocycles. The fourth-order valence-electron chi connectivity index (χ4n) is 2.41. The summed E-state index contributed by atoms with van der Waals surface area (Å²) in [6.45, 7) is 3.98. The fourth-order valence-corrected chi connectivity index (χ4v) is 3.56. The largest absolute Gasteiger partial charge is 0.351 e. The normalized spacial score (nSPS) is 21.4. The van der Waals surface area contributed by atoms with Gasteiger partial charge in [-0.2, -0.15) is 4.99 Å². The maximum Gasteiger partial charge on any atom is 0.286 e. The molecule has 1 amide bonds. The number of carbonyl (C=O) groups is 1. The molecule has 0 saturated carbocycles. The summed E-state index contributed by atoms with van der Waals surface area (Å²) in [6.07, 6.45) is 2.37. The topological polar surface area (TPSA) is 32.7 Å². The Hall–Kier alpha value is -1.26. The molecule has 0 unspecified atom stereocenters. The number of amides is 1. The molecule has 2 heterocycles. The molecule has 1 saturated heterocycles. The van der Waals surface area contributed by atoms with Gasteiger partial charge in [-0.3, -0.25) is 4.79 Å². The van der Waals surface area contributed by atoms with Crippen LogP contribution in [0, 0.1) is 0 Å². The Labute approximate surface area is 127 Å². The van der Waals surface area contributed by atoms with Crippen molar-refractivity contribution in [3.63, 3.8) is 0 Å². The van der Waals surface area contributed by atoms with Gasteiger partial charge in [0, 0.05) is 18.1 Å². The Morgan fingerprint density at radius 2 is 1.90 bits per heavy atom. The van der Waals surface area contributed by atoms with Gasteiger partial charge in [-0.1, -0.05) is 23.7 Å². The van der Waals surface area contributed by atoms with Gasteiger partial charge in [0.2, 0.25) is 0 Å². The summed E-state index contributed by atoms with van der Waals surface area (Å²) in [6, 6.07) is 7.55. The van der Waals surface area contributed by atoms with E-state index in [-0.39, 0.29) is 5.91 Å². The predicted octanol–water partition coefficient (Wildman–Crippen LogP) is 3.80. The molecule has 3 rings (SSSR count). The van der Waals surface area contributed by atoms with Crippen LogP contribution in [-0.2, 0) is 4.79 Å². The van der Waals surface area contributed by atoms with Crippen LogP contribution in [0.5, 0.6) is 0 Å². The number of hydrogen-bond acceptors (Lipinski definition) is 3. The smallest absolute Gasteiger partial charge is 0.286 e. The number of amidine groups is 1. The minimum Gasteiger partial charge on any atom is -0.351 e. The number of thioether (sulfide) groups is 1. The molecule has 0 aliphatic carbocycles. The van der Waals surface area contributed by atoms with E-state index in [1.54, 1.807) is 0 Å². The highest BCUT2D eigenvalue weighted by atomic mass is 35.5. The summed E-state index contributed by atoms with van der Waals surface area (Å²) in [4.78, 5) is 19.2. The first-order valence-electron chi connectivity index (χ1n) is 6.68. The van der Waals surface area contributed by atoms with Gasteiger partial charge in [0.25, 0.3) is 5.91 Å². The zero-order valence-corrected chi connectivity index (χ0v) is 12.8. The Morgan fingerprint density at radius 3 is 2.55 bits per heavy atom. The quantitative estimate of drug-likeness (QED) is 0.740. The summed E-state index contributed by atoms with van der Waals surface area (Å²) in [5, 5.41) is 1.56. The fraction of sp³-hybridized carbons (Fsp3) is 0.333. The summed E-state index contributed by atoms with van der Waals surface area (Å²) in [7, 11) is 0. The standard InChI is InChI=1S/C15H15ClN2OS/c1-10(11-4-6-12(16)7-5-11)13-14(19)17-15(20-13)18-8-2-3-9-18/h4-7H,2-3,8-9H2,1H3/b13-10+. The summed E-state index contributed by atoms with van der Waals surface area (Å²) >= 11 is 7.39. The molecule has 0 spiro atoms. The number of benzene rings is 1. The van der Waals surface area contributed by atoms with E-state index in [0.29, 0.717) is 5.02 Å².